The maximum Gasteiger partial charge on any atom is 0.303 e. The molecular weight excluding hydrogens is 282 g/mol. The maximum absolute atomic E-state index is 11.9. The maximum atomic E-state index is 11.9. The predicted molar refractivity (Wildman–Crippen MR) is 69.1 cm³/mol. The smallest absolute Gasteiger partial charge is 0.303 e. The van der Waals surface area contributed by atoms with Gasteiger partial charge in [-0.3, -0.25) is 9.59 Å². The molecule has 0 radical (unpaired) electrons. The molecule has 8 nitrogen and oxygen atoms in total. The monoisotopic (exact) mass is 297 g/mol. The third kappa shape index (κ3) is 2.92. The molecule has 1 aromatic rings. The first-order valence-electron chi connectivity index (χ1n) is 6.53. The fraction of sp³-hybridized carbons (Fsp3) is 0.727. The average molecular weight is 297 g/mol. The van der Waals surface area contributed by atoms with E-state index in [0.29, 0.717) is 30.0 Å². The van der Waals surface area contributed by atoms with E-state index in [1.165, 1.54) is 11.8 Å². The lowest BCUT2D eigenvalue weighted by Crippen LogP contribution is -2.51. The van der Waals surface area contributed by atoms with E-state index in [1.807, 2.05) is 0 Å². The Morgan fingerprint density at radius 1 is 1.35 bits per heavy atom. The molecule has 108 valence electrons. The van der Waals surface area contributed by atoms with Crippen LogP contribution >= 0.6 is 11.8 Å². The fourth-order valence-corrected chi connectivity index (χ4v) is 3.04. The molecule has 1 saturated carbocycles. The number of nitrogens with zero attached hydrogens (tertiary/aromatic N) is 5. The molecule has 0 spiro atoms. The van der Waals surface area contributed by atoms with Crippen LogP contribution in [0.4, 0.5) is 0 Å². The summed E-state index contributed by atoms with van der Waals surface area (Å²) in [6.45, 7) is 1.08. The van der Waals surface area contributed by atoms with Gasteiger partial charge in [-0.25, -0.2) is 4.68 Å². The van der Waals surface area contributed by atoms with Crippen LogP contribution in [-0.2, 0) is 9.59 Å². The minimum Gasteiger partial charge on any atom is -0.481 e. The topological polar surface area (TPSA) is 101 Å². The van der Waals surface area contributed by atoms with Crippen molar-refractivity contribution in [3.63, 3.8) is 0 Å². The quantitative estimate of drug-likeness (QED) is 0.739. The molecule has 0 atom stereocenters. The van der Waals surface area contributed by atoms with Gasteiger partial charge < -0.3 is 10.0 Å². The van der Waals surface area contributed by atoms with E-state index in [0.717, 1.165) is 12.8 Å². The van der Waals surface area contributed by atoms with Crippen molar-refractivity contribution in [1.82, 2.24) is 25.1 Å². The predicted octanol–water partition coefficient (Wildman–Crippen LogP) is 0.0332. The number of hydrogen-bond donors (Lipinski definition) is 1. The molecule has 2 fully saturated rings. The van der Waals surface area contributed by atoms with Crippen LogP contribution in [0.1, 0.15) is 25.3 Å². The van der Waals surface area contributed by atoms with E-state index in [9.17, 15) is 9.59 Å². The van der Waals surface area contributed by atoms with E-state index in [2.05, 4.69) is 15.5 Å². The van der Waals surface area contributed by atoms with Gasteiger partial charge in [-0.15, -0.1) is 5.10 Å². The van der Waals surface area contributed by atoms with Crippen LogP contribution in [-0.4, -0.2) is 60.9 Å². The second kappa shape index (κ2) is 5.39. The minimum absolute atomic E-state index is 0.0157. The zero-order chi connectivity index (χ0) is 14.1. The molecule has 9 heteroatoms. The molecule has 1 aliphatic heterocycles. The number of carboxylic acid groups (broad SMARTS) is 1. The standard InChI is InChI=1S/C11H15N5O3S/c17-9(15-4-7(5-15)3-10(18)19)6-20-11-12-13-14-16(11)8-1-2-8/h7-8H,1-6H2,(H,18,19). The highest BCUT2D eigenvalue weighted by molar-refractivity contribution is 7.99. The number of hydrogen-bond acceptors (Lipinski definition) is 6. The van der Waals surface area contributed by atoms with Crippen molar-refractivity contribution in [2.45, 2.75) is 30.5 Å². The molecule has 1 saturated heterocycles. The van der Waals surface area contributed by atoms with Crippen molar-refractivity contribution in [3.8, 4) is 0 Å². The molecular formula is C11H15N5O3S. The van der Waals surface area contributed by atoms with Gasteiger partial charge in [-0.05, 0) is 23.3 Å². The van der Waals surface area contributed by atoms with Crippen LogP contribution in [0.3, 0.4) is 0 Å². The second-order valence-corrected chi connectivity index (χ2v) is 6.13. The summed E-state index contributed by atoms with van der Waals surface area (Å²) in [5.41, 5.74) is 0. The lowest BCUT2D eigenvalue weighted by molar-refractivity contribution is -0.143. The molecule has 1 N–H and O–H groups in total. The molecule has 0 unspecified atom stereocenters. The van der Waals surface area contributed by atoms with Crippen LogP contribution in [0.15, 0.2) is 5.16 Å². The molecule has 3 rings (SSSR count). The summed E-state index contributed by atoms with van der Waals surface area (Å²) < 4.78 is 1.78. The normalized spacial score (nSPS) is 18.9. The Morgan fingerprint density at radius 3 is 2.75 bits per heavy atom. The van der Waals surface area contributed by atoms with Crippen LogP contribution in [0, 0.1) is 5.92 Å². The largest absolute Gasteiger partial charge is 0.481 e. The first kappa shape index (κ1) is 13.3. The van der Waals surface area contributed by atoms with Crippen molar-refractivity contribution < 1.29 is 14.7 Å². The molecule has 20 heavy (non-hydrogen) atoms. The summed E-state index contributed by atoms with van der Waals surface area (Å²) >= 11 is 1.34. The number of carboxylic acids is 1. The van der Waals surface area contributed by atoms with Crippen LogP contribution < -0.4 is 0 Å². The molecule has 1 aliphatic carbocycles. The second-order valence-electron chi connectivity index (χ2n) is 5.19. The average Bonchev–Trinajstić information content (AvgIpc) is 3.09. The van der Waals surface area contributed by atoms with E-state index in [-0.39, 0.29) is 18.2 Å². The van der Waals surface area contributed by atoms with Crippen molar-refractivity contribution in [2.24, 2.45) is 5.92 Å². The Kier molecular flexibility index (Phi) is 3.60. The van der Waals surface area contributed by atoms with Gasteiger partial charge in [0.25, 0.3) is 0 Å². The SMILES string of the molecule is O=C(O)CC1CN(C(=O)CSc2nnnn2C2CC2)C1. The van der Waals surface area contributed by atoms with Gasteiger partial charge in [-0.1, -0.05) is 11.8 Å². The summed E-state index contributed by atoms with van der Waals surface area (Å²) in [4.78, 5) is 24.1. The Morgan fingerprint density at radius 2 is 2.10 bits per heavy atom. The Labute approximate surface area is 119 Å². The van der Waals surface area contributed by atoms with Gasteiger partial charge in [0.2, 0.25) is 11.1 Å². The lowest BCUT2D eigenvalue weighted by atomic mass is 9.96. The summed E-state index contributed by atoms with van der Waals surface area (Å²) in [5.74, 6) is -0.396. The number of thioether (sulfide) groups is 1. The van der Waals surface area contributed by atoms with Crippen molar-refractivity contribution in [3.05, 3.63) is 0 Å². The first-order valence-corrected chi connectivity index (χ1v) is 7.52. The fourth-order valence-electron chi connectivity index (χ4n) is 2.20. The minimum atomic E-state index is -0.805. The summed E-state index contributed by atoms with van der Waals surface area (Å²) in [5, 5.41) is 20.8. The van der Waals surface area contributed by atoms with Crippen molar-refractivity contribution >= 4 is 23.6 Å². The van der Waals surface area contributed by atoms with E-state index >= 15 is 0 Å². The van der Waals surface area contributed by atoms with Crippen LogP contribution in [0.25, 0.3) is 0 Å². The zero-order valence-electron chi connectivity index (χ0n) is 10.8. The van der Waals surface area contributed by atoms with Crippen molar-refractivity contribution in [2.75, 3.05) is 18.8 Å². The summed E-state index contributed by atoms with van der Waals surface area (Å²) in [6, 6.07) is 0.395. The Balaban J connectivity index is 1.44. The number of aromatic nitrogens is 4. The van der Waals surface area contributed by atoms with Gasteiger partial charge in [0, 0.05) is 19.0 Å². The molecule has 1 aromatic heterocycles. The van der Waals surface area contributed by atoms with Gasteiger partial charge >= 0.3 is 5.97 Å². The molecule has 0 aromatic carbocycles. The lowest BCUT2D eigenvalue weighted by Gasteiger charge is -2.38. The molecule has 2 aliphatic rings. The highest BCUT2D eigenvalue weighted by Gasteiger charge is 2.32. The number of rotatable bonds is 6. The van der Waals surface area contributed by atoms with Gasteiger partial charge in [0.15, 0.2) is 0 Å². The van der Waals surface area contributed by atoms with E-state index in [4.69, 9.17) is 5.11 Å². The highest BCUT2D eigenvalue weighted by atomic mass is 32.2. The Hall–Kier alpha value is -1.64. The van der Waals surface area contributed by atoms with Crippen LogP contribution in [0.5, 0.6) is 0 Å². The third-order valence-corrected chi connectivity index (χ3v) is 4.37. The number of carbonyl (C=O) groups is 2. The Bertz CT molecular complexity index is 524. The molecule has 1 amide bonds. The third-order valence-electron chi connectivity index (χ3n) is 3.45. The first-order chi connectivity index (χ1) is 9.63. The summed E-state index contributed by atoms with van der Waals surface area (Å²) in [7, 11) is 0. The summed E-state index contributed by atoms with van der Waals surface area (Å²) in [6.07, 6.45) is 2.32. The van der Waals surface area contributed by atoms with Gasteiger partial charge in [0.05, 0.1) is 18.2 Å². The van der Waals surface area contributed by atoms with Gasteiger partial charge in [-0.2, -0.15) is 0 Å². The number of likely N-dealkylation sites (tertiary alicyclic amines) is 1. The number of aliphatic carboxylic acids is 1. The number of amides is 1. The van der Waals surface area contributed by atoms with Crippen molar-refractivity contribution in [1.29, 1.82) is 0 Å². The number of carbonyl (C=O) groups excluding carboxylic acids is 1. The molecule has 2 heterocycles. The van der Waals surface area contributed by atoms with E-state index < -0.39 is 5.97 Å². The molecule has 0 bridgehead atoms. The highest BCUT2D eigenvalue weighted by Crippen LogP contribution is 2.36. The zero-order valence-corrected chi connectivity index (χ0v) is 11.6. The van der Waals surface area contributed by atoms with Crippen LogP contribution in [0.2, 0.25) is 0 Å². The van der Waals surface area contributed by atoms with E-state index in [1.54, 1.807) is 9.58 Å². The van der Waals surface area contributed by atoms with Gasteiger partial charge in [0.1, 0.15) is 0 Å². The number of tetrazole rings is 1.